The van der Waals surface area contributed by atoms with Crippen molar-refractivity contribution in [3.8, 4) is 11.3 Å². The van der Waals surface area contributed by atoms with Gasteiger partial charge in [0.15, 0.2) is 0 Å². The van der Waals surface area contributed by atoms with E-state index in [9.17, 15) is 13.2 Å². The number of amides is 1. The molecule has 2 heterocycles. The summed E-state index contributed by atoms with van der Waals surface area (Å²) in [6.45, 7) is 1.76. The van der Waals surface area contributed by atoms with Crippen LogP contribution in [0.25, 0.3) is 11.3 Å². The average Bonchev–Trinajstić information content (AvgIpc) is 3.14. The molecule has 0 aliphatic rings. The summed E-state index contributed by atoms with van der Waals surface area (Å²) >= 11 is 1.43. The molecule has 2 aromatic heterocycles. The third-order valence-corrected chi connectivity index (χ3v) is 6.01. The molecule has 1 N–H and O–H groups in total. The largest absolute Gasteiger partial charge is 0.348 e. The molecule has 1 aromatic carbocycles. The minimum atomic E-state index is -3.60. The first-order valence-corrected chi connectivity index (χ1v) is 11.2. The third kappa shape index (κ3) is 4.93. The summed E-state index contributed by atoms with van der Waals surface area (Å²) in [4.78, 5) is 20.9. The van der Waals surface area contributed by atoms with Crippen molar-refractivity contribution in [3.63, 3.8) is 0 Å². The lowest BCUT2D eigenvalue weighted by Gasteiger charge is -2.23. The van der Waals surface area contributed by atoms with E-state index in [-0.39, 0.29) is 13.1 Å². The first kappa shape index (κ1) is 20.0. The second kappa shape index (κ2) is 8.49. The normalized spacial score (nSPS) is 11.2. The van der Waals surface area contributed by atoms with E-state index in [0.29, 0.717) is 5.69 Å². The van der Waals surface area contributed by atoms with Gasteiger partial charge in [-0.25, -0.2) is 13.4 Å². The highest BCUT2D eigenvalue weighted by Crippen LogP contribution is 2.22. The van der Waals surface area contributed by atoms with Crippen LogP contribution in [0.4, 0.5) is 5.69 Å². The van der Waals surface area contributed by atoms with E-state index in [0.717, 1.165) is 32.4 Å². The number of rotatable bonds is 7. The first-order chi connectivity index (χ1) is 13.3. The Balaban J connectivity index is 1.66. The number of pyridine rings is 1. The van der Waals surface area contributed by atoms with E-state index in [1.54, 1.807) is 24.5 Å². The minimum Gasteiger partial charge on any atom is -0.348 e. The molecule has 146 valence electrons. The van der Waals surface area contributed by atoms with Crippen LogP contribution in [0.5, 0.6) is 0 Å². The molecule has 0 radical (unpaired) electrons. The monoisotopic (exact) mass is 416 g/mol. The molecule has 0 aliphatic carbocycles. The Hall–Kier alpha value is -2.78. The van der Waals surface area contributed by atoms with Gasteiger partial charge >= 0.3 is 0 Å². The summed E-state index contributed by atoms with van der Waals surface area (Å²) in [7, 11) is -3.60. The Morgan fingerprint density at radius 3 is 2.57 bits per heavy atom. The molecule has 0 aliphatic heterocycles. The molecule has 1 amide bonds. The van der Waals surface area contributed by atoms with Crippen LogP contribution in [0.2, 0.25) is 0 Å². The molecule has 0 unspecified atom stereocenters. The zero-order valence-electron chi connectivity index (χ0n) is 15.5. The number of nitrogens with zero attached hydrogens (tertiary/aromatic N) is 3. The fourth-order valence-electron chi connectivity index (χ4n) is 2.63. The Morgan fingerprint density at radius 2 is 1.89 bits per heavy atom. The summed E-state index contributed by atoms with van der Waals surface area (Å²) in [5.74, 6) is -0.394. The van der Waals surface area contributed by atoms with Crippen molar-refractivity contribution in [2.45, 2.75) is 13.5 Å². The number of para-hydroxylation sites is 1. The van der Waals surface area contributed by atoms with Crippen molar-refractivity contribution >= 4 is 33.0 Å². The van der Waals surface area contributed by atoms with Gasteiger partial charge in [-0.05, 0) is 30.7 Å². The number of benzene rings is 1. The van der Waals surface area contributed by atoms with Crippen LogP contribution in [0.3, 0.4) is 0 Å². The fourth-order valence-corrected chi connectivity index (χ4v) is 4.29. The molecule has 3 rings (SSSR count). The lowest BCUT2D eigenvalue weighted by molar-refractivity contribution is -0.119. The summed E-state index contributed by atoms with van der Waals surface area (Å²) in [5, 5.41) is 5.39. The highest BCUT2D eigenvalue weighted by molar-refractivity contribution is 7.92. The Labute approximate surface area is 168 Å². The average molecular weight is 417 g/mol. The van der Waals surface area contributed by atoms with E-state index < -0.39 is 15.9 Å². The summed E-state index contributed by atoms with van der Waals surface area (Å²) < 4.78 is 25.5. The number of carbonyl (C=O) groups is 1. The number of aryl methyl sites for hydroxylation is 1. The van der Waals surface area contributed by atoms with Gasteiger partial charge in [0, 0.05) is 23.3 Å². The van der Waals surface area contributed by atoms with E-state index in [2.05, 4.69) is 15.3 Å². The van der Waals surface area contributed by atoms with E-state index in [1.165, 1.54) is 11.3 Å². The molecule has 3 aromatic rings. The zero-order valence-corrected chi connectivity index (χ0v) is 17.1. The van der Waals surface area contributed by atoms with Crippen molar-refractivity contribution in [1.82, 2.24) is 15.3 Å². The molecular weight excluding hydrogens is 396 g/mol. The Bertz CT molecular complexity index is 1070. The highest BCUT2D eigenvalue weighted by atomic mass is 32.2. The Morgan fingerprint density at radius 1 is 1.18 bits per heavy atom. The van der Waals surface area contributed by atoms with Crippen molar-refractivity contribution in [3.05, 3.63) is 64.7 Å². The van der Waals surface area contributed by atoms with Gasteiger partial charge in [0.05, 0.1) is 24.2 Å². The summed E-state index contributed by atoms with van der Waals surface area (Å²) in [6, 6.07) is 10.8. The van der Waals surface area contributed by atoms with Gasteiger partial charge in [-0.1, -0.05) is 18.2 Å². The molecule has 7 nitrogen and oxygen atoms in total. The molecule has 0 fully saturated rings. The quantitative estimate of drug-likeness (QED) is 0.639. The molecule has 9 heteroatoms. The number of thiazole rings is 1. The third-order valence-electron chi connectivity index (χ3n) is 4.04. The maximum absolute atomic E-state index is 12.4. The number of anilines is 1. The van der Waals surface area contributed by atoms with Gasteiger partial charge in [-0.15, -0.1) is 11.3 Å². The van der Waals surface area contributed by atoms with Crippen LogP contribution in [0.1, 0.15) is 10.6 Å². The zero-order chi connectivity index (χ0) is 20.1. The second-order valence-corrected chi connectivity index (χ2v) is 9.04. The van der Waals surface area contributed by atoms with Gasteiger partial charge in [-0.3, -0.25) is 14.1 Å². The van der Waals surface area contributed by atoms with Crippen LogP contribution in [-0.4, -0.2) is 37.1 Å². The summed E-state index contributed by atoms with van der Waals surface area (Å²) in [5.41, 5.74) is 3.04. The van der Waals surface area contributed by atoms with Gasteiger partial charge < -0.3 is 5.32 Å². The molecule has 0 saturated heterocycles. The van der Waals surface area contributed by atoms with Crippen molar-refractivity contribution in [2.24, 2.45) is 0 Å². The van der Waals surface area contributed by atoms with Crippen LogP contribution in [0, 0.1) is 6.92 Å². The first-order valence-electron chi connectivity index (χ1n) is 8.49. The van der Waals surface area contributed by atoms with Crippen molar-refractivity contribution in [1.29, 1.82) is 0 Å². The predicted molar refractivity (Wildman–Crippen MR) is 111 cm³/mol. The smallest absolute Gasteiger partial charge is 0.241 e. The maximum atomic E-state index is 12.4. The van der Waals surface area contributed by atoms with Crippen LogP contribution in [-0.2, 0) is 21.4 Å². The number of aromatic nitrogens is 2. The second-order valence-electron chi connectivity index (χ2n) is 6.20. The SMILES string of the molecule is Cc1ccccc1N(CC(=O)NCc1nc(-c2ccncc2)cs1)S(C)(=O)=O. The van der Waals surface area contributed by atoms with Gasteiger partial charge in [-0.2, -0.15) is 0 Å². The molecule has 0 atom stereocenters. The molecular formula is C19H20N4O3S2. The minimum absolute atomic E-state index is 0.236. The Kier molecular flexibility index (Phi) is 6.05. The van der Waals surface area contributed by atoms with Crippen LogP contribution < -0.4 is 9.62 Å². The van der Waals surface area contributed by atoms with Gasteiger partial charge in [0.1, 0.15) is 11.6 Å². The number of hydrogen-bond acceptors (Lipinski definition) is 6. The number of nitrogens with one attached hydrogen (secondary N) is 1. The molecule has 0 saturated carbocycles. The van der Waals surface area contributed by atoms with E-state index >= 15 is 0 Å². The highest BCUT2D eigenvalue weighted by Gasteiger charge is 2.22. The van der Waals surface area contributed by atoms with Crippen molar-refractivity contribution in [2.75, 3.05) is 17.1 Å². The number of hydrogen-bond donors (Lipinski definition) is 1. The van der Waals surface area contributed by atoms with E-state index in [1.807, 2.05) is 36.6 Å². The van der Waals surface area contributed by atoms with Crippen LogP contribution in [0.15, 0.2) is 54.2 Å². The van der Waals surface area contributed by atoms with Gasteiger partial charge in [0.25, 0.3) is 0 Å². The lowest BCUT2D eigenvalue weighted by Crippen LogP contribution is -2.40. The summed E-state index contributed by atoms with van der Waals surface area (Å²) in [6.07, 6.45) is 4.48. The van der Waals surface area contributed by atoms with Gasteiger partial charge in [0.2, 0.25) is 15.9 Å². The standard InChI is InChI=1S/C19H20N4O3S2/c1-14-5-3-4-6-17(14)23(28(2,25)26)12-18(24)21-11-19-22-16(13-27-19)15-7-9-20-10-8-15/h3-10,13H,11-12H2,1-2H3,(H,21,24). The number of carbonyl (C=O) groups excluding carboxylic acids is 1. The van der Waals surface area contributed by atoms with Crippen molar-refractivity contribution < 1.29 is 13.2 Å². The molecule has 0 spiro atoms. The van der Waals surface area contributed by atoms with Crippen LogP contribution >= 0.6 is 11.3 Å². The number of sulfonamides is 1. The predicted octanol–water partition coefficient (Wildman–Crippen LogP) is 2.60. The topological polar surface area (TPSA) is 92.3 Å². The molecule has 0 bridgehead atoms. The fraction of sp³-hybridized carbons (Fsp3) is 0.211. The maximum Gasteiger partial charge on any atom is 0.241 e. The molecule has 28 heavy (non-hydrogen) atoms. The lowest BCUT2D eigenvalue weighted by atomic mass is 10.2. The van der Waals surface area contributed by atoms with E-state index in [4.69, 9.17) is 0 Å².